The first-order chi connectivity index (χ1) is 15.9. The number of hydrogen-bond acceptors (Lipinski definition) is 6. The van der Waals surface area contributed by atoms with Gasteiger partial charge in [0, 0.05) is 11.7 Å². The third kappa shape index (κ3) is 5.03. The van der Waals surface area contributed by atoms with Gasteiger partial charge in [0.25, 0.3) is 0 Å². The molecule has 2 aliphatic heterocycles. The van der Waals surface area contributed by atoms with Crippen LogP contribution >= 0.6 is 11.8 Å². The Bertz CT molecular complexity index is 1040. The number of aliphatic imine (C=N–C) groups is 1. The van der Waals surface area contributed by atoms with Crippen LogP contribution < -0.4 is 5.32 Å². The first kappa shape index (κ1) is 23.6. The first-order valence-corrected chi connectivity index (χ1v) is 12.7. The molecule has 1 aromatic carbocycles. The van der Waals surface area contributed by atoms with Crippen LogP contribution in [0.4, 0.5) is 0 Å². The predicted octanol–water partition coefficient (Wildman–Crippen LogP) is 5.28. The van der Waals surface area contributed by atoms with E-state index in [9.17, 15) is 9.59 Å². The lowest BCUT2D eigenvalue weighted by Crippen LogP contribution is -2.40. The lowest BCUT2D eigenvalue weighted by Gasteiger charge is -2.37. The predicted molar refractivity (Wildman–Crippen MR) is 133 cm³/mol. The van der Waals surface area contributed by atoms with E-state index in [1.807, 2.05) is 19.3 Å². The van der Waals surface area contributed by atoms with Gasteiger partial charge < -0.3 is 15.0 Å². The smallest absolute Gasteiger partial charge is 0.338 e. The molecule has 1 N–H and O–H groups in total. The fraction of sp³-hybridized carbons (Fsp3) is 0.500. The molecule has 2 heterocycles. The lowest BCUT2D eigenvalue weighted by molar-refractivity contribution is -0.139. The second kappa shape index (κ2) is 10.2. The number of aryl methyl sites for hydroxylation is 2. The van der Waals surface area contributed by atoms with E-state index in [2.05, 4.69) is 42.3 Å². The highest BCUT2D eigenvalue weighted by atomic mass is 32.2. The summed E-state index contributed by atoms with van der Waals surface area (Å²) >= 11 is 1.51. The number of esters is 1. The van der Waals surface area contributed by atoms with Gasteiger partial charge in [-0.15, -0.1) is 0 Å². The van der Waals surface area contributed by atoms with Gasteiger partial charge in [-0.2, -0.15) is 0 Å². The zero-order valence-electron chi connectivity index (χ0n) is 19.9. The van der Waals surface area contributed by atoms with Gasteiger partial charge >= 0.3 is 5.97 Å². The highest BCUT2D eigenvalue weighted by molar-refractivity contribution is 8.16. The molecule has 1 aliphatic carbocycles. The van der Waals surface area contributed by atoms with Crippen LogP contribution in [0.1, 0.15) is 75.1 Å². The summed E-state index contributed by atoms with van der Waals surface area (Å²) in [5.41, 5.74) is 5.35. The molecule has 7 heteroatoms. The summed E-state index contributed by atoms with van der Waals surface area (Å²) in [6.07, 6.45) is 5.97. The van der Waals surface area contributed by atoms with Crippen molar-refractivity contribution in [2.45, 2.75) is 78.3 Å². The van der Waals surface area contributed by atoms with Crippen molar-refractivity contribution >= 4 is 28.8 Å². The van der Waals surface area contributed by atoms with E-state index in [4.69, 9.17) is 9.73 Å². The monoisotopic (exact) mass is 467 g/mol. The zero-order valence-corrected chi connectivity index (χ0v) is 20.8. The van der Waals surface area contributed by atoms with E-state index >= 15 is 0 Å². The number of allylic oxidation sites excluding steroid dienone is 1. The molecule has 0 radical (unpaired) electrons. The van der Waals surface area contributed by atoms with Crippen LogP contribution in [0.5, 0.6) is 0 Å². The van der Waals surface area contributed by atoms with Crippen LogP contribution in [0.3, 0.4) is 0 Å². The van der Waals surface area contributed by atoms with Crippen molar-refractivity contribution in [3.8, 4) is 0 Å². The highest BCUT2D eigenvalue weighted by Crippen LogP contribution is 2.45. The number of hydrogen-bond donors (Lipinski definition) is 1. The molecule has 0 unspecified atom stereocenters. The van der Waals surface area contributed by atoms with Crippen molar-refractivity contribution < 1.29 is 14.3 Å². The molecule has 6 nitrogen and oxygen atoms in total. The Balaban J connectivity index is 1.66. The van der Waals surface area contributed by atoms with Crippen LogP contribution in [-0.2, 0) is 14.3 Å². The second-order valence-corrected chi connectivity index (χ2v) is 9.89. The number of amides is 1. The van der Waals surface area contributed by atoms with E-state index in [-0.39, 0.29) is 30.4 Å². The van der Waals surface area contributed by atoms with E-state index < -0.39 is 0 Å². The quantitative estimate of drug-likeness (QED) is 0.577. The molecule has 0 aromatic heterocycles. The van der Waals surface area contributed by atoms with Gasteiger partial charge in [-0.05, 0) is 57.1 Å². The number of carbonyl (C=O) groups excluding carboxylic acids is 2. The molecule has 1 atom stereocenters. The van der Waals surface area contributed by atoms with E-state index in [0.29, 0.717) is 17.9 Å². The highest BCUT2D eigenvalue weighted by Gasteiger charge is 2.41. The van der Waals surface area contributed by atoms with Crippen LogP contribution in [-0.4, -0.2) is 34.6 Å². The number of nitrogens with one attached hydrogen (secondary N) is 1. The minimum absolute atomic E-state index is 0.0262. The van der Waals surface area contributed by atoms with Gasteiger partial charge in [0.05, 0.1) is 30.3 Å². The molecule has 176 valence electrons. The largest absolute Gasteiger partial charge is 0.463 e. The SMILES string of the molecule is CCOC(=O)C1=C(C)N=C2SC=C(CC(=O)NC3CCCCC3)N2[C@@H]1c1ccc(C)cc1C. The van der Waals surface area contributed by atoms with Crippen molar-refractivity contribution in [1.82, 2.24) is 10.2 Å². The number of ether oxygens (including phenoxy) is 1. The Morgan fingerprint density at radius 1 is 1.18 bits per heavy atom. The zero-order chi connectivity index (χ0) is 23.5. The van der Waals surface area contributed by atoms with Crippen molar-refractivity contribution in [1.29, 1.82) is 0 Å². The molecule has 0 bridgehead atoms. The van der Waals surface area contributed by atoms with Crippen molar-refractivity contribution in [3.63, 3.8) is 0 Å². The summed E-state index contributed by atoms with van der Waals surface area (Å²) < 4.78 is 5.43. The van der Waals surface area contributed by atoms with Gasteiger partial charge in [-0.1, -0.05) is 54.8 Å². The molecule has 1 saturated carbocycles. The van der Waals surface area contributed by atoms with Gasteiger partial charge in [-0.25, -0.2) is 9.79 Å². The summed E-state index contributed by atoms with van der Waals surface area (Å²) in [7, 11) is 0. The number of benzene rings is 1. The van der Waals surface area contributed by atoms with Gasteiger partial charge in [-0.3, -0.25) is 4.79 Å². The maximum absolute atomic E-state index is 13.1. The summed E-state index contributed by atoms with van der Waals surface area (Å²) in [6.45, 7) is 8.09. The number of carbonyl (C=O) groups is 2. The molecular weight excluding hydrogens is 434 g/mol. The Hall–Kier alpha value is -2.54. The van der Waals surface area contributed by atoms with Crippen LogP contribution in [0.15, 0.2) is 45.6 Å². The van der Waals surface area contributed by atoms with Crippen molar-refractivity contribution in [3.05, 3.63) is 57.3 Å². The van der Waals surface area contributed by atoms with Crippen molar-refractivity contribution in [2.24, 2.45) is 4.99 Å². The Morgan fingerprint density at radius 3 is 2.64 bits per heavy atom. The Kier molecular flexibility index (Phi) is 7.27. The minimum Gasteiger partial charge on any atom is -0.463 e. The first-order valence-electron chi connectivity index (χ1n) is 11.9. The standard InChI is InChI=1S/C26H33N3O3S/c1-5-32-25(31)23-18(4)27-26-29(24(23)21-12-11-16(2)13-17(21)3)20(15-33-26)14-22(30)28-19-9-7-6-8-10-19/h11-13,15,19,24H,5-10,14H2,1-4H3,(H,28,30)/t24-/m1/s1. The fourth-order valence-electron chi connectivity index (χ4n) is 4.96. The molecule has 1 amide bonds. The minimum atomic E-state index is -0.374. The van der Waals surface area contributed by atoms with E-state index in [1.54, 1.807) is 0 Å². The summed E-state index contributed by atoms with van der Waals surface area (Å²) in [5.74, 6) is -0.330. The maximum Gasteiger partial charge on any atom is 0.338 e. The van der Waals surface area contributed by atoms with Crippen LogP contribution in [0.2, 0.25) is 0 Å². The summed E-state index contributed by atoms with van der Waals surface area (Å²) in [4.78, 5) is 32.8. The van der Waals surface area contributed by atoms with Crippen LogP contribution in [0, 0.1) is 13.8 Å². The normalized spacial score (nSPS) is 20.8. The molecule has 33 heavy (non-hydrogen) atoms. The molecule has 3 aliphatic rings. The molecule has 0 saturated heterocycles. The van der Waals surface area contributed by atoms with E-state index in [1.165, 1.54) is 31.0 Å². The molecule has 0 spiro atoms. The Morgan fingerprint density at radius 2 is 1.94 bits per heavy atom. The maximum atomic E-state index is 13.1. The topological polar surface area (TPSA) is 71.0 Å². The van der Waals surface area contributed by atoms with E-state index in [0.717, 1.165) is 40.4 Å². The van der Waals surface area contributed by atoms with Gasteiger partial charge in [0.1, 0.15) is 0 Å². The third-order valence-corrected chi connectivity index (χ3v) is 7.42. The third-order valence-electron chi connectivity index (χ3n) is 6.53. The number of fused-ring (bicyclic) bond motifs is 1. The van der Waals surface area contributed by atoms with Gasteiger partial charge in [0.2, 0.25) is 5.91 Å². The fourth-order valence-corrected chi connectivity index (χ4v) is 5.92. The van der Waals surface area contributed by atoms with Crippen LogP contribution in [0.25, 0.3) is 0 Å². The molecule has 1 aromatic rings. The second-order valence-electron chi connectivity index (χ2n) is 9.05. The number of nitrogens with zero attached hydrogens (tertiary/aromatic N) is 2. The lowest BCUT2D eigenvalue weighted by atomic mass is 9.90. The van der Waals surface area contributed by atoms with Gasteiger partial charge in [0.15, 0.2) is 5.17 Å². The Labute approximate surface area is 200 Å². The molecular formula is C26H33N3O3S. The number of amidine groups is 1. The average molecular weight is 468 g/mol. The number of thioether (sulfide) groups is 1. The average Bonchev–Trinajstić information content (AvgIpc) is 3.15. The number of rotatable bonds is 6. The summed E-state index contributed by atoms with van der Waals surface area (Å²) in [6, 6.07) is 6.16. The summed E-state index contributed by atoms with van der Waals surface area (Å²) in [5, 5.41) is 6.01. The van der Waals surface area contributed by atoms with Crippen molar-refractivity contribution in [2.75, 3.05) is 6.61 Å². The molecule has 4 rings (SSSR count). The molecule has 1 fully saturated rings.